The molecule has 0 atom stereocenters. The van der Waals surface area contributed by atoms with Gasteiger partial charge in [-0.25, -0.2) is 0 Å². The van der Waals surface area contributed by atoms with Crippen molar-refractivity contribution in [3.63, 3.8) is 0 Å². The molecule has 0 fully saturated rings. The van der Waals surface area contributed by atoms with Gasteiger partial charge in [-0.2, -0.15) is 0 Å². The second-order valence-electron chi connectivity index (χ2n) is 5.71. The quantitative estimate of drug-likeness (QED) is 0.528. The van der Waals surface area contributed by atoms with E-state index in [0.717, 1.165) is 0 Å². The molecule has 0 aliphatic rings. The predicted octanol–water partition coefficient (Wildman–Crippen LogP) is 2.23. The van der Waals surface area contributed by atoms with E-state index >= 15 is 0 Å². The van der Waals surface area contributed by atoms with Crippen molar-refractivity contribution in [1.29, 1.82) is 0 Å². The van der Waals surface area contributed by atoms with E-state index in [-0.39, 0.29) is 0 Å². The topological polar surface area (TPSA) is 24.1 Å². The van der Waals surface area contributed by atoms with Crippen LogP contribution in [0, 0.1) is 0 Å². The average Bonchev–Trinajstić information content (AvgIpc) is 1.81. The van der Waals surface area contributed by atoms with Crippen LogP contribution in [0.3, 0.4) is 0 Å². The molecule has 0 heterocycles. The van der Waals surface area contributed by atoms with Crippen LogP contribution in [0.25, 0.3) is 0 Å². The Morgan fingerprint density at radius 3 is 1.23 bits per heavy atom. The number of hydrogen-bond acceptors (Lipinski definition) is 2. The Morgan fingerprint density at radius 1 is 0.692 bits per heavy atom. The van der Waals surface area contributed by atoms with Gasteiger partial charge in [0, 0.05) is 0 Å². The molecule has 0 bridgehead atoms. The van der Waals surface area contributed by atoms with Crippen molar-refractivity contribution in [1.82, 2.24) is 9.96 Å². The largest absolute Gasteiger partial charge is 0.337 e. The highest BCUT2D eigenvalue weighted by Crippen LogP contribution is 1.95. The molecule has 0 unspecified atom stereocenters. The van der Waals surface area contributed by atoms with Crippen LogP contribution in [0.2, 0.25) is 39.3 Å². The summed E-state index contributed by atoms with van der Waals surface area (Å²) in [5.41, 5.74) is 0. The van der Waals surface area contributed by atoms with Crippen LogP contribution in [0.1, 0.15) is 6.42 Å². The highest BCUT2D eigenvalue weighted by Gasteiger charge is 2.12. The van der Waals surface area contributed by atoms with Crippen LogP contribution in [-0.4, -0.2) is 29.6 Å². The minimum Gasteiger partial charge on any atom is -0.337 e. The SMILES string of the molecule is C[Si](C)(C)NCCCN[Si](C)(C)C. The summed E-state index contributed by atoms with van der Waals surface area (Å²) in [7, 11) is -2.04. The predicted molar refractivity (Wildman–Crippen MR) is 67.3 cm³/mol. The van der Waals surface area contributed by atoms with Crippen molar-refractivity contribution in [3.8, 4) is 0 Å². The monoisotopic (exact) mass is 218 g/mol. The minimum atomic E-state index is -1.02. The Balaban J connectivity index is 3.28. The zero-order valence-electron chi connectivity index (χ0n) is 10.1. The normalized spacial score (nSPS) is 13.4. The van der Waals surface area contributed by atoms with Crippen molar-refractivity contribution in [3.05, 3.63) is 0 Å². The van der Waals surface area contributed by atoms with Gasteiger partial charge in [-0.1, -0.05) is 39.3 Å². The molecule has 2 nitrogen and oxygen atoms in total. The Kier molecular flexibility index (Phi) is 5.43. The molecule has 0 saturated carbocycles. The molecule has 0 aromatic rings. The van der Waals surface area contributed by atoms with E-state index in [4.69, 9.17) is 0 Å². The lowest BCUT2D eigenvalue weighted by atomic mass is 10.4. The molecule has 0 aliphatic heterocycles. The second-order valence-corrected chi connectivity index (χ2v) is 15.4. The van der Waals surface area contributed by atoms with Gasteiger partial charge < -0.3 is 9.96 Å². The summed E-state index contributed by atoms with van der Waals surface area (Å²) in [6, 6.07) is 0. The van der Waals surface area contributed by atoms with Crippen LogP contribution in [0.15, 0.2) is 0 Å². The van der Waals surface area contributed by atoms with E-state index in [1.807, 2.05) is 0 Å². The molecule has 4 heteroatoms. The summed E-state index contributed by atoms with van der Waals surface area (Å²) in [4.78, 5) is 7.24. The first-order valence-corrected chi connectivity index (χ1v) is 12.2. The van der Waals surface area contributed by atoms with Gasteiger partial charge >= 0.3 is 0 Å². The molecule has 0 radical (unpaired) electrons. The number of hydrogen-bond donors (Lipinski definition) is 2. The smallest absolute Gasteiger partial charge is 0.116 e. The molecule has 0 saturated heterocycles. The molecule has 2 N–H and O–H groups in total. The van der Waals surface area contributed by atoms with Crippen molar-refractivity contribution in [2.45, 2.75) is 45.7 Å². The number of nitrogens with one attached hydrogen (secondary N) is 2. The number of rotatable bonds is 6. The van der Waals surface area contributed by atoms with E-state index in [1.54, 1.807) is 0 Å². The van der Waals surface area contributed by atoms with Crippen molar-refractivity contribution >= 4 is 16.5 Å². The molecule has 80 valence electrons. The zero-order valence-corrected chi connectivity index (χ0v) is 12.1. The Morgan fingerprint density at radius 2 is 1.00 bits per heavy atom. The molecule has 0 rings (SSSR count). The van der Waals surface area contributed by atoms with Crippen LogP contribution in [0.4, 0.5) is 0 Å². The standard InChI is InChI=1S/C9H26N2Si2/c1-12(2,3)10-8-7-9-11-13(4,5)6/h10-11H,7-9H2,1-6H3. The van der Waals surface area contributed by atoms with Crippen LogP contribution < -0.4 is 9.96 Å². The summed E-state index contributed by atoms with van der Waals surface area (Å²) >= 11 is 0. The molecular formula is C9H26N2Si2. The molecule has 0 amide bonds. The van der Waals surface area contributed by atoms with E-state index in [9.17, 15) is 0 Å². The highest BCUT2D eigenvalue weighted by molar-refractivity contribution is 6.74. The van der Waals surface area contributed by atoms with E-state index < -0.39 is 16.5 Å². The molecule has 13 heavy (non-hydrogen) atoms. The summed E-state index contributed by atoms with van der Waals surface area (Å²) < 4.78 is 0. The lowest BCUT2D eigenvalue weighted by Crippen LogP contribution is -2.45. The fraction of sp³-hybridized carbons (Fsp3) is 1.00. The summed E-state index contributed by atoms with van der Waals surface area (Å²) in [6.45, 7) is 16.4. The van der Waals surface area contributed by atoms with E-state index in [2.05, 4.69) is 49.2 Å². The van der Waals surface area contributed by atoms with Gasteiger partial charge in [0.05, 0.1) is 0 Å². The Bertz CT molecular complexity index is 120. The summed E-state index contributed by atoms with van der Waals surface area (Å²) in [6.07, 6.45) is 1.26. The third-order valence-electron chi connectivity index (χ3n) is 1.66. The summed E-state index contributed by atoms with van der Waals surface area (Å²) in [5.74, 6) is 0. The first-order chi connectivity index (χ1) is 5.71. The third-order valence-corrected chi connectivity index (χ3v) is 4.29. The van der Waals surface area contributed by atoms with Gasteiger partial charge in [0.15, 0.2) is 0 Å². The first kappa shape index (κ1) is 13.4. The third kappa shape index (κ3) is 12.4. The van der Waals surface area contributed by atoms with Crippen molar-refractivity contribution < 1.29 is 0 Å². The fourth-order valence-corrected chi connectivity index (χ4v) is 2.87. The van der Waals surface area contributed by atoms with E-state index in [1.165, 1.54) is 19.5 Å². The Labute approximate surface area is 85.7 Å². The lowest BCUT2D eigenvalue weighted by molar-refractivity contribution is 0.743. The zero-order chi connectivity index (χ0) is 10.5. The van der Waals surface area contributed by atoms with Crippen LogP contribution in [0.5, 0.6) is 0 Å². The maximum Gasteiger partial charge on any atom is 0.116 e. The first-order valence-electron chi connectivity index (χ1n) is 5.21. The van der Waals surface area contributed by atoms with E-state index in [0.29, 0.717) is 0 Å². The second kappa shape index (κ2) is 5.29. The average molecular weight is 218 g/mol. The molecule has 0 spiro atoms. The summed E-state index contributed by atoms with van der Waals surface area (Å²) in [5, 5.41) is 0. The van der Waals surface area contributed by atoms with Crippen molar-refractivity contribution in [2.24, 2.45) is 0 Å². The van der Waals surface area contributed by atoms with Crippen LogP contribution >= 0.6 is 0 Å². The maximum atomic E-state index is 3.62. The molecule has 0 aromatic carbocycles. The minimum absolute atomic E-state index is 1.02. The van der Waals surface area contributed by atoms with Gasteiger partial charge in [0.1, 0.15) is 16.5 Å². The molecule has 0 aliphatic carbocycles. The van der Waals surface area contributed by atoms with Crippen molar-refractivity contribution in [2.75, 3.05) is 13.1 Å². The fourth-order valence-electron chi connectivity index (χ4n) is 1.02. The van der Waals surface area contributed by atoms with Gasteiger partial charge in [-0.05, 0) is 19.5 Å². The molecular weight excluding hydrogens is 192 g/mol. The van der Waals surface area contributed by atoms with Gasteiger partial charge in [0.2, 0.25) is 0 Å². The van der Waals surface area contributed by atoms with Gasteiger partial charge in [-0.3, -0.25) is 0 Å². The lowest BCUT2D eigenvalue weighted by Gasteiger charge is -2.20. The van der Waals surface area contributed by atoms with Gasteiger partial charge in [0.25, 0.3) is 0 Å². The highest BCUT2D eigenvalue weighted by atomic mass is 28.3. The van der Waals surface area contributed by atoms with Gasteiger partial charge in [-0.15, -0.1) is 0 Å². The maximum absolute atomic E-state index is 3.62. The Hall–Kier alpha value is 0.354. The molecule has 0 aromatic heterocycles. The van der Waals surface area contributed by atoms with Crippen LogP contribution in [-0.2, 0) is 0 Å².